The van der Waals surface area contributed by atoms with Gasteiger partial charge in [-0.2, -0.15) is 0 Å². The third kappa shape index (κ3) is 4.71. The van der Waals surface area contributed by atoms with E-state index in [1.807, 2.05) is 19.1 Å². The van der Waals surface area contributed by atoms with Crippen molar-refractivity contribution in [1.82, 2.24) is 4.90 Å². The molecule has 7 nitrogen and oxygen atoms in total. The van der Waals surface area contributed by atoms with Gasteiger partial charge in [0.1, 0.15) is 23.0 Å². The number of aliphatic hydroxyl groups excluding tert-OH is 1. The third-order valence-electron chi connectivity index (χ3n) is 5.92. The summed E-state index contributed by atoms with van der Waals surface area (Å²) in [6.45, 7) is 2.59. The fourth-order valence-electron chi connectivity index (χ4n) is 4.22. The zero-order valence-corrected chi connectivity index (χ0v) is 19.9. The minimum absolute atomic E-state index is 0.0113. The van der Waals surface area contributed by atoms with E-state index < -0.39 is 17.7 Å². The number of Topliss-reactive ketones (excluding diaryl/α,β-unsaturated/α-hetero) is 1. The fourth-order valence-corrected chi connectivity index (χ4v) is 4.22. The van der Waals surface area contributed by atoms with Crippen molar-refractivity contribution in [2.75, 3.05) is 20.8 Å². The van der Waals surface area contributed by atoms with Crippen LogP contribution in [-0.2, 0) is 16.1 Å². The van der Waals surface area contributed by atoms with Gasteiger partial charge < -0.3 is 24.2 Å². The standard InChI is InChI=1S/C28H27NO6/c1-4-35-21-15-11-19(12-16-21)25-24(26(30)22-7-5-6-8-23(22)34-3)27(31)28(32)29(25)17-18-9-13-20(33-2)14-10-18/h5-16,25,30H,4,17H2,1-3H3/b26-24-. The first kappa shape index (κ1) is 23.9. The smallest absolute Gasteiger partial charge is 0.295 e. The number of ketones is 1. The van der Waals surface area contributed by atoms with E-state index in [-0.39, 0.29) is 17.9 Å². The van der Waals surface area contributed by atoms with Crippen molar-refractivity contribution in [1.29, 1.82) is 0 Å². The molecule has 4 rings (SSSR count). The maximum absolute atomic E-state index is 13.3. The molecular formula is C28H27NO6. The molecule has 1 atom stereocenters. The van der Waals surface area contributed by atoms with Crippen LogP contribution < -0.4 is 14.2 Å². The minimum atomic E-state index is -0.794. The second-order valence-corrected chi connectivity index (χ2v) is 7.98. The number of carbonyl (C=O) groups excluding carboxylic acids is 2. The zero-order chi connectivity index (χ0) is 24.9. The molecule has 0 aromatic heterocycles. The van der Waals surface area contributed by atoms with Crippen molar-refractivity contribution < 1.29 is 28.9 Å². The summed E-state index contributed by atoms with van der Waals surface area (Å²) in [4.78, 5) is 28.0. The lowest BCUT2D eigenvalue weighted by molar-refractivity contribution is -0.140. The van der Waals surface area contributed by atoms with Crippen molar-refractivity contribution >= 4 is 17.4 Å². The largest absolute Gasteiger partial charge is 0.507 e. The summed E-state index contributed by atoms with van der Waals surface area (Å²) in [7, 11) is 3.07. The Morgan fingerprint density at radius 1 is 0.886 bits per heavy atom. The number of benzene rings is 3. The van der Waals surface area contributed by atoms with Gasteiger partial charge in [0.15, 0.2) is 0 Å². The SMILES string of the molecule is CCOc1ccc(C2/C(=C(/O)c3ccccc3OC)C(=O)C(=O)N2Cc2ccc(OC)cc2)cc1. The topological polar surface area (TPSA) is 85.3 Å². The molecule has 0 aliphatic carbocycles. The Morgan fingerprint density at radius 3 is 2.17 bits per heavy atom. The van der Waals surface area contributed by atoms with Gasteiger partial charge in [-0.15, -0.1) is 0 Å². The Hall–Kier alpha value is -4.26. The maximum atomic E-state index is 13.3. The number of aliphatic hydroxyl groups is 1. The molecule has 1 saturated heterocycles. The highest BCUT2D eigenvalue weighted by atomic mass is 16.5. The van der Waals surface area contributed by atoms with Gasteiger partial charge in [-0.25, -0.2) is 0 Å². The number of methoxy groups -OCH3 is 2. The van der Waals surface area contributed by atoms with Crippen LogP contribution in [0, 0.1) is 0 Å². The van der Waals surface area contributed by atoms with E-state index in [1.165, 1.54) is 12.0 Å². The van der Waals surface area contributed by atoms with Crippen molar-refractivity contribution in [3.8, 4) is 17.2 Å². The molecule has 1 aliphatic heterocycles. The molecule has 3 aromatic rings. The van der Waals surface area contributed by atoms with Gasteiger partial charge in [-0.05, 0) is 54.4 Å². The number of carbonyl (C=O) groups is 2. The van der Waals surface area contributed by atoms with Crippen LogP contribution in [0.4, 0.5) is 0 Å². The van der Waals surface area contributed by atoms with Gasteiger partial charge in [-0.1, -0.05) is 36.4 Å². The zero-order valence-electron chi connectivity index (χ0n) is 19.9. The van der Waals surface area contributed by atoms with E-state index in [9.17, 15) is 14.7 Å². The van der Waals surface area contributed by atoms with E-state index in [2.05, 4.69) is 0 Å². The predicted molar refractivity (Wildman–Crippen MR) is 131 cm³/mol. The molecule has 3 aromatic carbocycles. The molecule has 1 heterocycles. The first-order valence-electron chi connectivity index (χ1n) is 11.3. The normalized spacial score (nSPS) is 16.9. The number of rotatable bonds is 8. The molecule has 1 aliphatic rings. The summed E-state index contributed by atoms with van der Waals surface area (Å²) >= 11 is 0. The number of likely N-dealkylation sites (tertiary alicyclic amines) is 1. The predicted octanol–water partition coefficient (Wildman–Crippen LogP) is 4.72. The lowest BCUT2D eigenvalue weighted by atomic mass is 9.94. The second kappa shape index (κ2) is 10.3. The molecule has 0 spiro atoms. The Balaban J connectivity index is 1.83. The Kier molecular flexibility index (Phi) is 7.06. The van der Waals surface area contributed by atoms with Crippen molar-refractivity contribution in [3.63, 3.8) is 0 Å². The molecule has 0 saturated carbocycles. The first-order chi connectivity index (χ1) is 17.0. The average molecular weight is 474 g/mol. The molecule has 35 heavy (non-hydrogen) atoms. The van der Waals surface area contributed by atoms with Crippen LogP contribution in [0.5, 0.6) is 17.2 Å². The van der Waals surface area contributed by atoms with Crippen LogP contribution in [-0.4, -0.2) is 42.5 Å². The number of nitrogens with zero attached hydrogens (tertiary/aromatic N) is 1. The summed E-state index contributed by atoms with van der Waals surface area (Å²) in [6.07, 6.45) is 0. The number of hydrogen-bond acceptors (Lipinski definition) is 6. The third-order valence-corrected chi connectivity index (χ3v) is 5.92. The summed E-state index contributed by atoms with van der Waals surface area (Å²) in [6, 6.07) is 20.5. The molecule has 0 radical (unpaired) electrons. The highest BCUT2D eigenvalue weighted by molar-refractivity contribution is 6.46. The van der Waals surface area contributed by atoms with Gasteiger partial charge in [-0.3, -0.25) is 9.59 Å². The Morgan fingerprint density at radius 2 is 1.54 bits per heavy atom. The summed E-state index contributed by atoms with van der Waals surface area (Å²) < 4.78 is 16.1. The maximum Gasteiger partial charge on any atom is 0.295 e. The molecule has 1 amide bonds. The number of amides is 1. The fraction of sp³-hybridized carbons (Fsp3) is 0.214. The number of para-hydroxylation sites is 1. The van der Waals surface area contributed by atoms with Gasteiger partial charge >= 0.3 is 0 Å². The summed E-state index contributed by atoms with van der Waals surface area (Å²) in [5.74, 6) is 0.0498. The minimum Gasteiger partial charge on any atom is -0.507 e. The first-order valence-corrected chi connectivity index (χ1v) is 11.3. The lowest BCUT2D eigenvalue weighted by Gasteiger charge is -2.26. The van der Waals surface area contributed by atoms with E-state index in [0.29, 0.717) is 35.0 Å². The molecule has 180 valence electrons. The summed E-state index contributed by atoms with van der Waals surface area (Å²) in [5.41, 5.74) is 1.85. The van der Waals surface area contributed by atoms with Crippen LogP contribution in [0.2, 0.25) is 0 Å². The van der Waals surface area contributed by atoms with Gasteiger partial charge in [0, 0.05) is 6.54 Å². The highest BCUT2D eigenvalue weighted by Crippen LogP contribution is 2.42. The quantitative estimate of drug-likeness (QED) is 0.289. The highest BCUT2D eigenvalue weighted by Gasteiger charge is 2.46. The van der Waals surface area contributed by atoms with Crippen LogP contribution in [0.25, 0.3) is 5.76 Å². The van der Waals surface area contributed by atoms with Gasteiger partial charge in [0.25, 0.3) is 11.7 Å². The molecule has 7 heteroatoms. The van der Waals surface area contributed by atoms with Crippen LogP contribution in [0.1, 0.15) is 29.7 Å². The van der Waals surface area contributed by atoms with Crippen molar-refractivity contribution in [2.24, 2.45) is 0 Å². The van der Waals surface area contributed by atoms with Crippen molar-refractivity contribution in [2.45, 2.75) is 19.5 Å². The van der Waals surface area contributed by atoms with Crippen molar-refractivity contribution in [3.05, 3.63) is 95.1 Å². The Labute approximate surface area is 204 Å². The van der Waals surface area contributed by atoms with E-state index in [1.54, 1.807) is 67.8 Å². The van der Waals surface area contributed by atoms with Gasteiger partial charge in [0.05, 0.1) is 38.0 Å². The van der Waals surface area contributed by atoms with E-state index >= 15 is 0 Å². The van der Waals surface area contributed by atoms with Crippen LogP contribution in [0.3, 0.4) is 0 Å². The molecule has 1 unspecified atom stereocenters. The summed E-state index contributed by atoms with van der Waals surface area (Å²) in [5, 5.41) is 11.3. The van der Waals surface area contributed by atoms with Crippen LogP contribution >= 0.6 is 0 Å². The van der Waals surface area contributed by atoms with Crippen LogP contribution in [0.15, 0.2) is 78.4 Å². The van der Waals surface area contributed by atoms with E-state index in [0.717, 1.165) is 5.56 Å². The second-order valence-electron chi connectivity index (χ2n) is 7.98. The monoisotopic (exact) mass is 473 g/mol. The number of hydrogen-bond donors (Lipinski definition) is 1. The average Bonchev–Trinajstić information content (AvgIpc) is 3.14. The van der Waals surface area contributed by atoms with Gasteiger partial charge in [0.2, 0.25) is 0 Å². The lowest BCUT2D eigenvalue weighted by Crippen LogP contribution is -2.29. The molecular weight excluding hydrogens is 446 g/mol. The van der Waals surface area contributed by atoms with E-state index in [4.69, 9.17) is 14.2 Å². The molecule has 0 bridgehead atoms. The number of ether oxygens (including phenoxy) is 3. The molecule has 1 fully saturated rings. The molecule has 1 N–H and O–H groups in total. The Bertz CT molecular complexity index is 1250.